The zero-order valence-electron chi connectivity index (χ0n) is 8.72. The van der Waals surface area contributed by atoms with Crippen molar-refractivity contribution < 1.29 is 18.4 Å². The first-order valence-corrected chi connectivity index (χ1v) is 6.71. The Morgan fingerprint density at radius 3 is 2.75 bits per heavy atom. The molecule has 1 heterocycles. The molecule has 1 aliphatic rings. The second kappa shape index (κ2) is 5.15. The van der Waals surface area contributed by atoms with Crippen LogP contribution in [-0.2, 0) is 14.6 Å². The summed E-state index contributed by atoms with van der Waals surface area (Å²) >= 11 is 0. The maximum Gasteiger partial charge on any atom is 0.224 e. The van der Waals surface area contributed by atoms with Crippen LogP contribution in [0.2, 0.25) is 0 Å². The van der Waals surface area contributed by atoms with Gasteiger partial charge in [-0.1, -0.05) is 5.16 Å². The summed E-state index contributed by atoms with van der Waals surface area (Å²) in [6, 6.07) is 0. The molecule has 1 unspecified atom stereocenters. The van der Waals surface area contributed by atoms with Crippen molar-refractivity contribution in [1.82, 2.24) is 5.32 Å². The van der Waals surface area contributed by atoms with Crippen molar-refractivity contribution >= 4 is 21.6 Å². The van der Waals surface area contributed by atoms with Crippen molar-refractivity contribution in [3.05, 3.63) is 0 Å². The summed E-state index contributed by atoms with van der Waals surface area (Å²) in [4.78, 5) is 11.5. The topological polar surface area (TPSA) is 122 Å². The molecule has 1 fully saturated rings. The van der Waals surface area contributed by atoms with E-state index in [0.29, 0.717) is 6.42 Å². The molecule has 1 amide bonds. The molecule has 16 heavy (non-hydrogen) atoms. The lowest BCUT2D eigenvalue weighted by Crippen LogP contribution is -2.33. The highest BCUT2D eigenvalue weighted by atomic mass is 32.2. The maximum absolute atomic E-state index is 11.5. The van der Waals surface area contributed by atoms with E-state index in [4.69, 9.17) is 10.9 Å². The summed E-state index contributed by atoms with van der Waals surface area (Å²) in [6.07, 6.45) is 0.611. The highest BCUT2D eigenvalue weighted by molar-refractivity contribution is 7.91. The first kappa shape index (κ1) is 12.8. The number of nitrogens with zero attached hydrogens (tertiary/aromatic N) is 1. The average Bonchev–Trinajstić information content (AvgIpc) is 2.58. The number of oxime groups is 1. The largest absolute Gasteiger partial charge is 0.409 e. The van der Waals surface area contributed by atoms with Crippen molar-refractivity contribution in [2.45, 2.75) is 12.8 Å². The monoisotopic (exact) mass is 249 g/mol. The van der Waals surface area contributed by atoms with Crippen LogP contribution in [0.1, 0.15) is 12.8 Å². The van der Waals surface area contributed by atoms with Crippen LogP contribution in [0.5, 0.6) is 0 Å². The van der Waals surface area contributed by atoms with Gasteiger partial charge in [0.15, 0.2) is 9.84 Å². The van der Waals surface area contributed by atoms with Gasteiger partial charge in [0.05, 0.1) is 17.4 Å². The number of carbonyl (C=O) groups is 1. The number of hydrogen-bond donors (Lipinski definition) is 3. The first-order valence-electron chi connectivity index (χ1n) is 4.89. The quantitative estimate of drug-likeness (QED) is 0.247. The smallest absolute Gasteiger partial charge is 0.224 e. The Morgan fingerprint density at radius 2 is 2.25 bits per heavy atom. The molecule has 0 spiro atoms. The average molecular weight is 249 g/mol. The lowest BCUT2D eigenvalue weighted by atomic mass is 10.1. The van der Waals surface area contributed by atoms with Crippen LogP contribution < -0.4 is 11.1 Å². The van der Waals surface area contributed by atoms with E-state index in [2.05, 4.69) is 10.5 Å². The third-order valence-corrected chi connectivity index (χ3v) is 4.18. The molecule has 7 nitrogen and oxygen atoms in total. The number of rotatable bonds is 4. The number of nitrogens with one attached hydrogen (secondary N) is 1. The summed E-state index contributed by atoms with van der Waals surface area (Å²) in [5, 5.41) is 13.6. The van der Waals surface area contributed by atoms with Crippen molar-refractivity contribution in [3.8, 4) is 0 Å². The molecule has 1 rings (SSSR count). The van der Waals surface area contributed by atoms with Gasteiger partial charge >= 0.3 is 0 Å². The minimum Gasteiger partial charge on any atom is -0.409 e. The van der Waals surface area contributed by atoms with E-state index in [9.17, 15) is 13.2 Å². The van der Waals surface area contributed by atoms with Crippen LogP contribution in [0.25, 0.3) is 0 Å². The first-order chi connectivity index (χ1) is 7.44. The minimum atomic E-state index is -3.04. The van der Waals surface area contributed by atoms with Crippen LogP contribution in [0.15, 0.2) is 5.16 Å². The molecule has 1 atom stereocenters. The Kier molecular flexibility index (Phi) is 4.11. The van der Waals surface area contributed by atoms with Gasteiger partial charge in [-0.2, -0.15) is 0 Å². The number of nitrogens with two attached hydrogens (primary N) is 1. The predicted molar refractivity (Wildman–Crippen MR) is 57.8 cm³/mol. The zero-order chi connectivity index (χ0) is 12.2. The summed E-state index contributed by atoms with van der Waals surface area (Å²) in [5.74, 6) is -0.725. The predicted octanol–water partition coefficient (Wildman–Crippen LogP) is -1.33. The van der Waals surface area contributed by atoms with E-state index >= 15 is 0 Å². The van der Waals surface area contributed by atoms with Crippen molar-refractivity contribution in [2.75, 3.05) is 18.1 Å². The van der Waals surface area contributed by atoms with Gasteiger partial charge in [0.1, 0.15) is 5.84 Å². The van der Waals surface area contributed by atoms with Crippen LogP contribution in [0, 0.1) is 5.92 Å². The van der Waals surface area contributed by atoms with Gasteiger partial charge in [-0.25, -0.2) is 8.42 Å². The second-order valence-electron chi connectivity index (χ2n) is 3.73. The van der Waals surface area contributed by atoms with Crippen LogP contribution in [-0.4, -0.2) is 43.4 Å². The van der Waals surface area contributed by atoms with Crippen molar-refractivity contribution in [2.24, 2.45) is 16.8 Å². The van der Waals surface area contributed by atoms with E-state index < -0.39 is 15.8 Å². The highest BCUT2D eigenvalue weighted by Gasteiger charge is 2.32. The van der Waals surface area contributed by atoms with Crippen LogP contribution in [0.3, 0.4) is 0 Å². The van der Waals surface area contributed by atoms with E-state index in [0.717, 1.165) is 0 Å². The van der Waals surface area contributed by atoms with Gasteiger partial charge < -0.3 is 16.3 Å². The standard InChI is InChI=1S/C8H15N3O4S/c9-7(11-13)1-3-10-8(12)6-2-4-16(14,15)5-6/h6,13H,1-5H2,(H2,9,11)(H,10,12). The van der Waals surface area contributed by atoms with Gasteiger partial charge in [-0.3, -0.25) is 4.79 Å². The highest BCUT2D eigenvalue weighted by Crippen LogP contribution is 2.18. The Balaban J connectivity index is 2.32. The summed E-state index contributed by atoms with van der Waals surface area (Å²) in [6.45, 7) is 0.241. The van der Waals surface area contributed by atoms with Gasteiger partial charge in [0, 0.05) is 13.0 Å². The maximum atomic E-state index is 11.5. The molecule has 1 aliphatic heterocycles. The van der Waals surface area contributed by atoms with E-state index in [-0.39, 0.29) is 36.2 Å². The van der Waals surface area contributed by atoms with Gasteiger partial charge in [-0.05, 0) is 6.42 Å². The van der Waals surface area contributed by atoms with Crippen LogP contribution >= 0.6 is 0 Å². The Labute approximate surface area is 93.6 Å². The van der Waals surface area contributed by atoms with E-state index in [1.807, 2.05) is 0 Å². The minimum absolute atomic E-state index is 0.0272. The molecule has 0 aromatic heterocycles. The Bertz CT molecular complexity index is 390. The summed E-state index contributed by atoms with van der Waals surface area (Å²) in [5.41, 5.74) is 5.21. The van der Waals surface area contributed by atoms with Gasteiger partial charge in [0.2, 0.25) is 5.91 Å². The number of amidine groups is 1. The third kappa shape index (κ3) is 3.69. The second-order valence-corrected chi connectivity index (χ2v) is 5.96. The molecular formula is C8H15N3O4S. The molecule has 8 heteroatoms. The lowest BCUT2D eigenvalue weighted by molar-refractivity contribution is -0.124. The molecular weight excluding hydrogens is 234 g/mol. The number of amides is 1. The number of carbonyl (C=O) groups excluding carboxylic acids is 1. The summed E-state index contributed by atoms with van der Waals surface area (Å²) < 4.78 is 22.2. The number of hydrogen-bond acceptors (Lipinski definition) is 5. The molecule has 4 N–H and O–H groups in total. The fourth-order valence-corrected chi connectivity index (χ4v) is 3.25. The molecule has 1 saturated heterocycles. The summed E-state index contributed by atoms with van der Waals surface area (Å²) in [7, 11) is -3.04. The van der Waals surface area contributed by atoms with Gasteiger partial charge in [0.25, 0.3) is 0 Å². The molecule has 0 aromatic rings. The fourth-order valence-electron chi connectivity index (χ4n) is 1.51. The molecule has 92 valence electrons. The molecule has 0 saturated carbocycles. The molecule has 0 aromatic carbocycles. The van der Waals surface area contributed by atoms with Crippen molar-refractivity contribution in [1.29, 1.82) is 0 Å². The number of sulfone groups is 1. The SMILES string of the molecule is NC(CCNC(=O)C1CCS(=O)(=O)C1)=NO. The normalized spacial score (nSPS) is 24.2. The Hall–Kier alpha value is -1.31. The molecule has 0 radical (unpaired) electrons. The Morgan fingerprint density at radius 1 is 1.56 bits per heavy atom. The van der Waals surface area contributed by atoms with E-state index in [1.165, 1.54) is 0 Å². The van der Waals surface area contributed by atoms with E-state index in [1.54, 1.807) is 0 Å². The van der Waals surface area contributed by atoms with Crippen molar-refractivity contribution in [3.63, 3.8) is 0 Å². The van der Waals surface area contributed by atoms with Gasteiger partial charge in [-0.15, -0.1) is 0 Å². The van der Waals surface area contributed by atoms with Crippen LogP contribution in [0.4, 0.5) is 0 Å². The molecule has 0 bridgehead atoms. The third-order valence-electron chi connectivity index (χ3n) is 2.41. The lowest BCUT2D eigenvalue weighted by Gasteiger charge is -2.08. The molecule has 0 aliphatic carbocycles. The zero-order valence-corrected chi connectivity index (χ0v) is 9.53. The fraction of sp³-hybridized carbons (Fsp3) is 0.750.